The Kier molecular flexibility index (Phi) is 6.13. The molecule has 1 atom stereocenters. The predicted octanol–water partition coefficient (Wildman–Crippen LogP) is 3.74. The van der Waals surface area contributed by atoms with E-state index in [1.54, 1.807) is 35.0 Å². The summed E-state index contributed by atoms with van der Waals surface area (Å²) in [5.74, 6) is 0.434. The average Bonchev–Trinajstić information content (AvgIpc) is 3.20. The van der Waals surface area contributed by atoms with E-state index in [0.717, 1.165) is 5.56 Å². The summed E-state index contributed by atoms with van der Waals surface area (Å²) >= 11 is 0. The van der Waals surface area contributed by atoms with E-state index in [1.165, 1.54) is 12.1 Å². The fourth-order valence-corrected chi connectivity index (χ4v) is 3.39. The number of carbonyl (C=O) groups is 1. The first-order valence-electron chi connectivity index (χ1n) is 10.1. The van der Waals surface area contributed by atoms with Gasteiger partial charge in [-0.15, -0.1) is 5.10 Å². The maximum Gasteiger partial charge on any atom is 0.278 e. The Balaban J connectivity index is 1.53. The van der Waals surface area contributed by atoms with Crippen molar-refractivity contribution in [2.45, 2.75) is 33.1 Å². The van der Waals surface area contributed by atoms with E-state index in [4.69, 9.17) is 14.2 Å². The molecule has 1 aliphatic rings. The zero-order valence-corrected chi connectivity index (χ0v) is 17.3. The number of halogens is 1. The number of anilines is 1. The quantitative estimate of drug-likeness (QED) is 0.619. The Morgan fingerprint density at radius 2 is 1.97 bits per heavy atom. The summed E-state index contributed by atoms with van der Waals surface area (Å²) < 4.78 is 31.9. The molecule has 1 N–H and O–H groups in total. The molecule has 2 aromatic carbocycles. The molecule has 0 unspecified atom stereocenters. The molecule has 0 bridgehead atoms. The predicted molar refractivity (Wildman–Crippen MR) is 111 cm³/mol. The van der Waals surface area contributed by atoms with Gasteiger partial charge in [0.2, 0.25) is 0 Å². The molecule has 0 saturated carbocycles. The number of carbonyl (C=O) groups excluding carboxylic acids is 1. The van der Waals surface area contributed by atoms with Crippen molar-refractivity contribution in [2.24, 2.45) is 0 Å². The first-order valence-corrected chi connectivity index (χ1v) is 10.1. The van der Waals surface area contributed by atoms with Gasteiger partial charge in [0.25, 0.3) is 5.91 Å². The lowest BCUT2D eigenvalue weighted by molar-refractivity contribution is -0.00174. The van der Waals surface area contributed by atoms with Crippen molar-refractivity contribution in [3.05, 3.63) is 65.2 Å². The molecule has 0 fully saturated rings. The smallest absolute Gasteiger partial charge is 0.278 e. The third-order valence-corrected chi connectivity index (χ3v) is 4.86. The van der Waals surface area contributed by atoms with Crippen LogP contribution in [0.3, 0.4) is 0 Å². The van der Waals surface area contributed by atoms with E-state index in [2.05, 4.69) is 15.6 Å². The van der Waals surface area contributed by atoms with Crippen LogP contribution in [-0.4, -0.2) is 34.1 Å². The average molecular weight is 426 g/mol. The highest BCUT2D eigenvalue weighted by Crippen LogP contribution is 2.31. The number of benzene rings is 2. The van der Waals surface area contributed by atoms with Crippen LogP contribution in [0.5, 0.6) is 11.5 Å². The van der Waals surface area contributed by atoms with Crippen molar-refractivity contribution in [2.75, 3.05) is 18.5 Å². The number of aromatic nitrogens is 3. The Morgan fingerprint density at radius 1 is 1.19 bits per heavy atom. The van der Waals surface area contributed by atoms with Crippen LogP contribution in [0.2, 0.25) is 0 Å². The van der Waals surface area contributed by atoms with Crippen LogP contribution in [0.25, 0.3) is 0 Å². The number of nitrogens with one attached hydrogen (secondary N) is 1. The number of hydrogen-bond donors (Lipinski definition) is 1. The van der Waals surface area contributed by atoms with E-state index in [1.807, 2.05) is 13.8 Å². The maximum absolute atomic E-state index is 13.2. The molecule has 8 nitrogen and oxygen atoms in total. The van der Waals surface area contributed by atoms with E-state index < -0.39 is 5.91 Å². The second-order valence-corrected chi connectivity index (χ2v) is 6.90. The summed E-state index contributed by atoms with van der Waals surface area (Å²) in [6.45, 7) is 5.26. The van der Waals surface area contributed by atoms with Crippen molar-refractivity contribution in [3.8, 4) is 11.5 Å². The summed E-state index contributed by atoms with van der Waals surface area (Å²) in [6, 6.07) is 11.4. The normalized spacial score (nSPS) is 15.3. The highest BCUT2D eigenvalue weighted by atomic mass is 19.1. The highest BCUT2D eigenvalue weighted by Gasteiger charge is 2.28. The number of nitrogens with zero attached hydrogens (tertiary/aromatic N) is 3. The molecule has 4 rings (SSSR count). The van der Waals surface area contributed by atoms with Gasteiger partial charge < -0.3 is 19.5 Å². The minimum Gasteiger partial charge on any atom is -0.494 e. The van der Waals surface area contributed by atoms with Gasteiger partial charge in [-0.2, -0.15) is 0 Å². The molecule has 1 aromatic heterocycles. The van der Waals surface area contributed by atoms with E-state index in [-0.39, 0.29) is 24.2 Å². The molecule has 0 aliphatic carbocycles. The van der Waals surface area contributed by atoms with Crippen LogP contribution in [0, 0.1) is 5.82 Å². The molecule has 1 aliphatic heterocycles. The minimum absolute atomic E-state index is 0.162. The molecule has 0 saturated heterocycles. The van der Waals surface area contributed by atoms with Crippen LogP contribution in [0.15, 0.2) is 42.5 Å². The van der Waals surface area contributed by atoms with Crippen molar-refractivity contribution >= 4 is 11.6 Å². The number of fused-ring (bicyclic) bond motifs is 1. The maximum atomic E-state index is 13.2. The van der Waals surface area contributed by atoms with Gasteiger partial charge in [-0.1, -0.05) is 17.3 Å². The standard InChI is InChI=1S/C22H23FN4O4/c1-3-29-16-9-10-19(30-4-2)17(11-16)24-22(28)21-18-13-31-20(12-27(18)26-25-21)14-5-7-15(23)8-6-14/h5-11,20H,3-4,12-13H2,1-2H3,(H,24,28)/t20-/m0/s1. The molecular weight excluding hydrogens is 403 g/mol. The zero-order valence-electron chi connectivity index (χ0n) is 17.3. The summed E-state index contributed by atoms with van der Waals surface area (Å²) in [7, 11) is 0. The van der Waals surface area contributed by atoms with Crippen molar-refractivity contribution in [1.82, 2.24) is 15.0 Å². The SMILES string of the molecule is CCOc1ccc(OCC)c(NC(=O)c2nnn3c2CO[C@H](c2ccc(F)cc2)C3)c1. The Labute approximate surface area is 178 Å². The van der Waals surface area contributed by atoms with Gasteiger partial charge in [-0.3, -0.25) is 4.79 Å². The lowest BCUT2D eigenvalue weighted by Gasteiger charge is -2.24. The van der Waals surface area contributed by atoms with Gasteiger partial charge in [0, 0.05) is 6.07 Å². The van der Waals surface area contributed by atoms with Crippen molar-refractivity contribution in [3.63, 3.8) is 0 Å². The number of ether oxygens (including phenoxy) is 3. The Hall–Kier alpha value is -3.46. The van der Waals surface area contributed by atoms with Gasteiger partial charge in [-0.25, -0.2) is 9.07 Å². The van der Waals surface area contributed by atoms with Crippen LogP contribution >= 0.6 is 0 Å². The van der Waals surface area contributed by atoms with Crippen LogP contribution in [-0.2, 0) is 17.9 Å². The van der Waals surface area contributed by atoms with Gasteiger partial charge in [0.15, 0.2) is 5.69 Å². The van der Waals surface area contributed by atoms with Crippen LogP contribution in [0.1, 0.15) is 41.7 Å². The van der Waals surface area contributed by atoms with Crippen LogP contribution in [0.4, 0.5) is 10.1 Å². The second kappa shape index (κ2) is 9.13. The Bertz CT molecular complexity index is 1070. The fourth-order valence-electron chi connectivity index (χ4n) is 3.39. The number of rotatable bonds is 7. The van der Waals surface area contributed by atoms with Crippen LogP contribution < -0.4 is 14.8 Å². The molecule has 31 heavy (non-hydrogen) atoms. The van der Waals surface area contributed by atoms with Crippen molar-refractivity contribution in [1.29, 1.82) is 0 Å². The first-order chi connectivity index (χ1) is 15.1. The Morgan fingerprint density at radius 3 is 2.71 bits per heavy atom. The third-order valence-electron chi connectivity index (χ3n) is 4.86. The van der Waals surface area contributed by atoms with E-state index in [9.17, 15) is 9.18 Å². The molecule has 162 valence electrons. The molecule has 3 aromatic rings. The van der Waals surface area contributed by atoms with Gasteiger partial charge in [0.1, 0.15) is 23.4 Å². The molecule has 0 spiro atoms. The number of amides is 1. The summed E-state index contributed by atoms with van der Waals surface area (Å²) in [6.07, 6.45) is -0.293. The minimum atomic E-state index is -0.417. The zero-order chi connectivity index (χ0) is 21.8. The van der Waals surface area contributed by atoms with E-state index >= 15 is 0 Å². The highest BCUT2D eigenvalue weighted by molar-refractivity contribution is 6.04. The van der Waals surface area contributed by atoms with Gasteiger partial charge >= 0.3 is 0 Å². The lowest BCUT2D eigenvalue weighted by atomic mass is 10.1. The summed E-state index contributed by atoms with van der Waals surface area (Å²) in [5, 5.41) is 11.0. The lowest BCUT2D eigenvalue weighted by Crippen LogP contribution is -2.24. The molecule has 9 heteroatoms. The molecule has 2 heterocycles. The van der Waals surface area contributed by atoms with Gasteiger partial charge in [0.05, 0.1) is 37.7 Å². The van der Waals surface area contributed by atoms with Gasteiger partial charge in [-0.05, 0) is 43.7 Å². The first kappa shape index (κ1) is 20.8. The number of hydrogen-bond acceptors (Lipinski definition) is 6. The summed E-state index contributed by atoms with van der Waals surface area (Å²) in [5.41, 5.74) is 2.08. The third kappa shape index (κ3) is 4.51. The van der Waals surface area contributed by atoms with Crippen molar-refractivity contribution < 1.29 is 23.4 Å². The molecule has 0 radical (unpaired) electrons. The summed E-state index contributed by atoms with van der Waals surface area (Å²) in [4.78, 5) is 12.9. The van der Waals surface area contributed by atoms with E-state index in [0.29, 0.717) is 42.6 Å². The fraction of sp³-hybridized carbons (Fsp3) is 0.318. The monoisotopic (exact) mass is 426 g/mol. The second-order valence-electron chi connectivity index (χ2n) is 6.90. The largest absolute Gasteiger partial charge is 0.494 e. The molecular formula is C22H23FN4O4. The molecule has 1 amide bonds. The topological polar surface area (TPSA) is 87.5 Å².